The highest BCUT2D eigenvalue weighted by Gasteiger charge is 2.18. The fourth-order valence-electron chi connectivity index (χ4n) is 14.1. The first-order chi connectivity index (χ1) is 45.5. The van der Waals surface area contributed by atoms with Crippen molar-refractivity contribution in [1.82, 2.24) is 5.32 Å². The summed E-state index contributed by atoms with van der Waals surface area (Å²) in [5.74, 6) is -0.0286. The van der Waals surface area contributed by atoms with Crippen molar-refractivity contribution < 1.29 is 24.5 Å². The van der Waals surface area contributed by atoms with Gasteiger partial charge in [-0.3, -0.25) is 9.59 Å². The summed E-state index contributed by atoms with van der Waals surface area (Å²) in [7, 11) is 0. The second kappa shape index (κ2) is 82.0. The number of nitrogens with one attached hydrogen (secondary N) is 1. The van der Waals surface area contributed by atoms with Crippen molar-refractivity contribution in [2.75, 3.05) is 13.2 Å². The van der Waals surface area contributed by atoms with Gasteiger partial charge in [0.2, 0.25) is 5.91 Å². The Kier molecular flexibility index (Phi) is 80.8. The maximum absolute atomic E-state index is 12.6. The van der Waals surface area contributed by atoms with Gasteiger partial charge in [0.1, 0.15) is 0 Å². The number of ether oxygens (including phenoxy) is 1. The van der Waals surface area contributed by atoms with Crippen LogP contribution in [-0.4, -0.2) is 47.4 Å². The van der Waals surface area contributed by atoms with Crippen molar-refractivity contribution in [2.24, 2.45) is 0 Å². The molecule has 548 valence electrons. The Bertz CT molecular complexity index is 1400. The molecule has 6 nitrogen and oxygen atoms in total. The summed E-state index contributed by atoms with van der Waals surface area (Å²) in [5, 5.41) is 23.3. The van der Waals surface area contributed by atoms with E-state index in [9.17, 15) is 19.8 Å². The standard InChI is InChI=1S/C86H169NO5/c1-3-5-7-9-11-13-15-17-19-20-21-22-42-45-48-51-54-58-62-66-70-74-78-84(89)83(82-88)87-85(90)79-75-71-67-63-59-55-52-49-46-43-40-38-36-34-32-30-28-26-24-23-25-27-29-31-33-35-37-39-41-44-47-50-53-57-61-65-69-73-77-81-92-86(91)80-76-72-68-64-60-56-18-16-14-12-10-8-6-4-2/h74,78,83-84,88-89H,3-73,75-77,79-82H2,1-2H3,(H,87,90)/b78-74+. The highest BCUT2D eigenvalue weighted by atomic mass is 16.5. The van der Waals surface area contributed by atoms with Gasteiger partial charge >= 0.3 is 5.97 Å². The molecule has 3 N–H and O–H groups in total. The van der Waals surface area contributed by atoms with E-state index < -0.39 is 12.1 Å². The number of hydrogen-bond acceptors (Lipinski definition) is 5. The van der Waals surface area contributed by atoms with Crippen molar-refractivity contribution in [3.63, 3.8) is 0 Å². The Labute approximate surface area is 578 Å². The van der Waals surface area contributed by atoms with Gasteiger partial charge in [-0.25, -0.2) is 0 Å². The number of aliphatic hydroxyl groups excluding tert-OH is 2. The molecule has 0 aromatic heterocycles. The lowest BCUT2D eigenvalue weighted by atomic mass is 10.0. The molecule has 1 amide bonds. The summed E-state index contributed by atoms with van der Waals surface area (Å²) < 4.78 is 5.51. The maximum Gasteiger partial charge on any atom is 0.305 e. The molecule has 0 aliphatic carbocycles. The number of hydrogen-bond donors (Lipinski definition) is 3. The van der Waals surface area contributed by atoms with Gasteiger partial charge in [0.25, 0.3) is 0 Å². The largest absolute Gasteiger partial charge is 0.466 e. The molecule has 0 aliphatic rings. The topological polar surface area (TPSA) is 95.9 Å². The van der Waals surface area contributed by atoms with Gasteiger partial charge in [-0.15, -0.1) is 0 Å². The fourth-order valence-corrected chi connectivity index (χ4v) is 14.1. The molecule has 0 saturated carbocycles. The van der Waals surface area contributed by atoms with Gasteiger partial charge in [-0.05, 0) is 32.1 Å². The Morgan fingerprint density at radius 2 is 0.500 bits per heavy atom. The van der Waals surface area contributed by atoms with Gasteiger partial charge < -0.3 is 20.3 Å². The third-order valence-electron chi connectivity index (χ3n) is 20.6. The third kappa shape index (κ3) is 77.6. The van der Waals surface area contributed by atoms with Gasteiger partial charge in [0.05, 0.1) is 25.4 Å². The van der Waals surface area contributed by atoms with Crippen LogP contribution in [0.2, 0.25) is 0 Å². The fraction of sp³-hybridized carbons (Fsp3) is 0.953. The van der Waals surface area contributed by atoms with Crippen LogP contribution in [0.4, 0.5) is 0 Å². The van der Waals surface area contributed by atoms with E-state index in [1.54, 1.807) is 6.08 Å². The maximum atomic E-state index is 12.6. The monoisotopic (exact) mass is 1300 g/mol. The Balaban J connectivity index is 3.31. The van der Waals surface area contributed by atoms with Crippen molar-refractivity contribution in [2.45, 2.75) is 514 Å². The van der Waals surface area contributed by atoms with Crippen LogP contribution >= 0.6 is 0 Å². The normalized spacial score (nSPS) is 12.4. The SMILES string of the molecule is CCCCCCCCCCCCCCCCCCCCCC/C=C/C(O)C(CO)NC(=O)CCCCCCCCCCCCCCCCCCCCCCCCCCCCCCCCCCCCCCCCCOC(=O)CCCCCCCCCCCCCCCC. The van der Waals surface area contributed by atoms with Crippen LogP contribution in [0.15, 0.2) is 12.2 Å². The number of unbranched alkanes of at least 4 members (excludes halogenated alkanes) is 71. The molecule has 0 rings (SSSR count). The van der Waals surface area contributed by atoms with Crippen LogP contribution in [-0.2, 0) is 14.3 Å². The molecule has 2 atom stereocenters. The minimum Gasteiger partial charge on any atom is -0.466 e. The second-order valence-electron chi connectivity index (χ2n) is 29.9. The number of rotatable bonds is 82. The minimum atomic E-state index is -0.841. The quantitative estimate of drug-likeness (QED) is 0.0320. The van der Waals surface area contributed by atoms with E-state index in [1.807, 2.05) is 6.08 Å². The molecular weight excluding hydrogens is 1130 g/mol. The lowest BCUT2D eigenvalue weighted by Gasteiger charge is -2.20. The molecule has 92 heavy (non-hydrogen) atoms. The zero-order chi connectivity index (χ0) is 66.3. The predicted molar refractivity (Wildman–Crippen MR) is 407 cm³/mol. The van der Waals surface area contributed by atoms with Crippen LogP contribution in [0.5, 0.6) is 0 Å². The van der Waals surface area contributed by atoms with Crippen molar-refractivity contribution >= 4 is 11.9 Å². The van der Waals surface area contributed by atoms with Crippen LogP contribution < -0.4 is 5.32 Å². The van der Waals surface area contributed by atoms with Gasteiger partial charge in [0.15, 0.2) is 0 Å². The van der Waals surface area contributed by atoms with Crippen LogP contribution in [0.1, 0.15) is 502 Å². The molecule has 0 aromatic rings. The first-order valence-corrected chi connectivity index (χ1v) is 43.0. The van der Waals surface area contributed by atoms with Crippen LogP contribution in [0, 0.1) is 0 Å². The van der Waals surface area contributed by atoms with Gasteiger partial charge in [-0.2, -0.15) is 0 Å². The van der Waals surface area contributed by atoms with E-state index >= 15 is 0 Å². The smallest absolute Gasteiger partial charge is 0.305 e. The molecule has 0 aliphatic heterocycles. The zero-order valence-corrected chi connectivity index (χ0v) is 63.1. The summed E-state index contributed by atoms with van der Waals surface area (Å²) in [6.07, 6.45) is 105. The number of esters is 1. The lowest BCUT2D eigenvalue weighted by molar-refractivity contribution is -0.143. The summed E-state index contributed by atoms with van der Waals surface area (Å²) in [6.45, 7) is 4.97. The van der Waals surface area contributed by atoms with Crippen molar-refractivity contribution in [1.29, 1.82) is 0 Å². The van der Waals surface area contributed by atoms with Crippen LogP contribution in [0.25, 0.3) is 0 Å². The summed E-state index contributed by atoms with van der Waals surface area (Å²) in [6, 6.07) is -0.624. The molecule has 0 spiro atoms. The molecule has 2 unspecified atom stereocenters. The number of aliphatic hydroxyl groups is 2. The molecular formula is C86H169NO5. The molecule has 0 fully saturated rings. The van der Waals surface area contributed by atoms with E-state index in [0.29, 0.717) is 19.4 Å². The van der Waals surface area contributed by atoms with E-state index in [2.05, 4.69) is 19.2 Å². The van der Waals surface area contributed by atoms with Crippen LogP contribution in [0.3, 0.4) is 0 Å². The summed E-state index contributed by atoms with van der Waals surface area (Å²) in [5.41, 5.74) is 0. The van der Waals surface area contributed by atoms with E-state index in [0.717, 1.165) is 38.5 Å². The number of allylic oxidation sites excluding steroid dienone is 1. The average Bonchev–Trinajstić information content (AvgIpc) is 3.63. The highest BCUT2D eigenvalue weighted by molar-refractivity contribution is 5.76. The highest BCUT2D eigenvalue weighted by Crippen LogP contribution is 2.21. The van der Waals surface area contributed by atoms with E-state index in [-0.39, 0.29) is 18.5 Å². The Hall–Kier alpha value is -1.40. The van der Waals surface area contributed by atoms with Crippen molar-refractivity contribution in [3.8, 4) is 0 Å². The number of carbonyl (C=O) groups is 2. The molecule has 0 heterocycles. The molecule has 0 saturated heterocycles. The minimum absolute atomic E-state index is 0.0275. The summed E-state index contributed by atoms with van der Waals surface area (Å²) >= 11 is 0. The molecule has 0 bridgehead atoms. The van der Waals surface area contributed by atoms with E-state index in [1.165, 1.54) is 437 Å². The predicted octanol–water partition coefficient (Wildman–Crippen LogP) is 28.6. The number of carbonyl (C=O) groups excluding carboxylic acids is 2. The lowest BCUT2D eigenvalue weighted by Crippen LogP contribution is -2.45. The van der Waals surface area contributed by atoms with Gasteiger partial charge in [0, 0.05) is 12.8 Å². The Morgan fingerprint density at radius 1 is 0.293 bits per heavy atom. The first-order valence-electron chi connectivity index (χ1n) is 43.0. The second-order valence-corrected chi connectivity index (χ2v) is 29.9. The van der Waals surface area contributed by atoms with Crippen molar-refractivity contribution in [3.05, 3.63) is 12.2 Å². The average molecular weight is 1300 g/mol. The third-order valence-corrected chi connectivity index (χ3v) is 20.6. The molecule has 6 heteroatoms. The first kappa shape index (κ1) is 90.6. The van der Waals surface area contributed by atoms with E-state index in [4.69, 9.17) is 4.74 Å². The Morgan fingerprint density at radius 3 is 0.739 bits per heavy atom. The molecule has 0 radical (unpaired) electrons. The zero-order valence-electron chi connectivity index (χ0n) is 63.1. The number of amides is 1. The van der Waals surface area contributed by atoms with Gasteiger partial charge in [-0.1, -0.05) is 469 Å². The molecule has 0 aromatic carbocycles. The summed E-state index contributed by atoms with van der Waals surface area (Å²) in [4.78, 5) is 24.6.